The first kappa shape index (κ1) is 18.8. The lowest BCUT2D eigenvalue weighted by Crippen LogP contribution is -2.27. The number of hydrogen-bond donors (Lipinski definition) is 0. The van der Waals surface area contributed by atoms with Crippen molar-refractivity contribution in [3.63, 3.8) is 0 Å². The van der Waals surface area contributed by atoms with Crippen molar-refractivity contribution in [3.05, 3.63) is 70.0 Å². The SMILES string of the molecule is Cc1cccc(-c2noc(CN(C)S(=O)(=O)Cc3ccc(Br)cc3)n2)c1. The molecule has 6 nitrogen and oxygen atoms in total. The van der Waals surface area contributed by atoms with Crippen LogP contribution >= 0.6 is 15.9 Å². The van der Waals surface area contributed by atoms with Gasteiger partial charge in [-0.05, 0) is 30.7 Å². The molecule has 0 spiro atoms. The number of aryl methyl sites for hydroxylation is 1. The third-order valence-corrected chi connectivity index (χ3v) is 6.15. The minimum absolute atomic E-state index is 0.0255. The average molecular weight is 436 g/mol. The zero-order chi connectivity index (χ0) is 18.7. The summed E-state index contributed by atoms with van der Waals surface area (Å²) >= 11 is 3.34. The molecule has 1 heterocycles. The third-order valence-electron chi connectivity index (χ3n) is 3.84. The van der Waals surface area contributed by atoms with E-state index in [2.05, 4.69) is 26.1 Å². The minimum atomic E-state index is -3.50. The summed E-state index contributed by atoms with van der Waals surface area (Å²) in [5, 5.41) is 3.94. The van der Waals surface area contributed by atoms with Crippen molar-refractivity contribution in [2.45, 2.75) is 19.2 Å². The first-order valence-electron chi connectivity index (χ1n) is 7.91. The van der Waals surface area contributed by atoms with Gasteiger partial charge >= 0.3 is 0 Å². The molecule has 0 saturated carbocycles. The molecule has 0 saturated heterocycles. The van der Waals surface area contributed by atoms with Crippen LogP contribution in [0.25, 0.3) is 11.4 Å². The smallest absolute Gasteiger partial charge is 0.242 e. The maximum atomic E-state index is 12.5. The number of nitrogens with zero attached hydrogens (tertiary/aromatic N) is 3. The molecule has 0 unspecified atom stereocenters. The number of hydrogen-bond acceptors (Lipinski definition) is 5. The molecule has 0 atom stereocenters. The van der Waals surface area contributed by atoms with E-state index in [1.807, 2.05) is 43.3 Å². The van der Waals surface area contributed by atoms with Gasteiger partial charge in [-0.1, -0.05) is 57.0 Å². The normalized spacial score (nSPS) is 11.8. The van der Waals surface area contributed by atoms with Crippen molar-refractivity contribution in [1.82, 2.24) is 14.4 Å². The second kappa shape index (κ2) is 7.69. The zero-order valence-corrected chi connectivity index (χ0v) is 16.8. The van der Waals surface area contributed by atoms with Crippen LogP contribution in [0.5, 0.6) is 0 Å². The van der Waals surface area contributed by atoms with Gasteiger partial charge < -0.3 is 4.52 Å². The van der Waals surface area contributed by atoms with Gasteiger partial charge in [0.05, 0.1) is 12.3 Å². The molecule has 0 aliphatic rings. The molecule has 0 fully saturated rings. The Morgan fingerprint density at radius 2 is 1.88 bits per heavy atom. The quantitative estimate of drug-likeness (QED) is 0.588. The minimum Gasteiger partial charge on any atom is -0.338 e. The van der Waals surface area contributed by atoms with Gasteiger partial charge in [0, 0.05) is 17.1 Å². The lowest BCUT2D eigenvalue weighted by Gasteiger charge is -2.15. The molecule has 3 rings (SSSR count). The number of rotatable bonds is 6. The predicted molar refractivity (Wildman–Crippen MR) is 103 cm³/mol. The van der Waals surface area contributed by atoms with Gasteiger partial charge in [-0.3, -0.25) is 0 Å². The Labute approximate surface area is 161 Å². The lowest BCUT2D eigenvalue weighted by molar-refractivity contribution is 0.336. The summed E-state index contributed by atoms with van der Waals surface area (Å²) in [4.78, 5) is 4.30. The lowest BCUT2D eigenvalue weighted by atomic mass is 10.1. The summed E-state index contributed by atoms with van der Waals surface area (Å²) in [6.07, 6.45) is 0. The van der Waals surface area contributed by atoms with Crippen molar-refractivity contribution < 1.29 is 12.9 Å². The second-order valence-corrected chi connectivity index (χ2v) is 9.01. The summed E-state index contributed by atoms with van der Waals surface area (Å²) in [6, 6.07) is 14.9. The summed E-state index contributed by atoms with van der Waals surface area (Å²) in [5.41, 5.74) is 2.63. The number of benzene rings is 2. The molecule has 136 valence electrons. The van der Waals surface area contributed by atoms with Crippen LogP contribution in [-0.2, 0) is 22.3 Å². The van der Waals surface area contributed by atoms with Crippen LogP contribution in [0.2, 0.25) is 0 Å². The number of halogens is 1. The maximum absolute atomic E-state index is 12.5. The van der Waals surface area contributed by atoms with E-state index in [1.165, 1.54) is 11.4 Å². The second-order valence-electron chi connectivity index (χ2n) is 6.02. The molecule has 3 aromatic rings. The Morgan fingerprint density at radius 1 is 1.15 bits per heavy atom. The molecule has 0 radical (unpaired) electrons. The fourth-order valence-corrected chi connectivity index (χ4v) is 3.82. The first-order chi connectivity index (χ1) is 12.3. The van der Waals surface area contributed by atoms with E-state index < -0.39 is 10.0 Å². The molecular formula is C18H18BrN3O3S. The fourth-order valence-electron chi connectivity index (χ4n) is 2.41. The van der Waals surface area contributed by atoms with Crippen LogP contribution in [0.1, 0.15) is 17.0 Å². The van der Waals surface area contributed by atoms with Crippen LogP contribution in [0.4, 0.5) is 0 Å². The van der Waals surface area contributed by atoms with E-state index in [-0.39, 0.29) is 18.2 Å². The van der Waals surface area contributed by atoms with Gasteiger partial charge in [-0.25, -0.2) is 8.42 Å². The molecule has 0 N–H and O–H groups in total. The Bertz CT molecular complexity index is 1000. The highest BCUT2D eigenvalue weighted by Crippen LogP contribution is 2.19. The fraction of sp³-hybridized carbons (Fsp3) is 0.222. The summed E-state index contributed by atoms with van der Waals surface area (Å²) < 4.78 is 32.4. The van der Waals surface area contributed by atoms with Crippen LogP contribution in [-0.4, -0.2) is 29.9 Å². The van der Waals surface area contributed by atoms with Crippen molar-refractivity contribution in [3.8, 4) is 11.4 Å². The highest BCUT2D eigenvalue weighted by Gasteiger charge is 2.21. The first-order valence-corrected chi connectivity index (χ1v) is 10.3. The molecule has 1 aromatic heterocycles. The Balaban J connectivity index is 1.71. The molecular weight excluding hydrogens is 418 g/mol. The van der Waals surface area contributed by atoms with Crippen molar-refractivity contribution in [2.24, 2.45) is 0 Å². The van der Waals surface area contributed by atoms with Gasteiger partial charge in [0.15, 0.2) is 0 Å². The van der Waals surface area contributed by atoms with E-state index in [9.17, 15) is 8.42 Å². The molecule has 0 aliphatic heterocycles. The Hall–Kier alpha value is -2.03. The molecule has 8 heteroatoms. The Kier molecular flexibility index (Phi) is 5.55. The standard InChI is InChI=1S/C18H18BrN3O3S/c1-13-4-3-5-15(10-13)18-20-17(25-21-18)11-22(2)26(23,24)12-14-6-8-16(19)9-7-14/h3-10H,11-12H2,1-2H3. The molecule has 0 bridgehead atoms. The van der Waals surface area contributed by atoms with Crippen LogP contribution in [0, 0.1) is 6.92 Å². The molecule has 0 aliphatic carbocycles. The van der Waals surface area contributed by atoms with E-state index in [0.717, 1.165) is 15.6 Å². The van der Waals surface area contributed by atoms with Gasteiger partial charge in [0.1, 0.15) is 0 Å². The topological polar surface area (TPSA) is 76.3 Å². The van der Waals surface area contributed by atoms with Crippen molar-refractivity contribution in [1.29, 1.82) is 0 Å². The largest absolute Gasteiger partial charge is 0.338 e. The average Bonchev–Trinajstić information content (AvgIpc) is 3.05. The van der Waals surface area contributed by atoms with Crippen LogP contribution < -0.4 is 0 Å². The number of aromatic nitrogens is 2. The summed E-state index contributed by atoms with van der Waals surface area (Å²) in [7, 11) is -1.99. The predicted octanol–water partition coefficient (Wildman–Crippen LogP) is 3.77. The maximum Gasteiger partial charge on any atom is 0.242 e. The number of sulfonamides is 1. The van der Waals surface area contributed by atoms with Gasteiger partial charge in [0.25, 0.3) is 0 Å². The van der Waals surface area contributed by atoms with Crippen LogP contribution in [0.15, 0.2) is 57.5 Å². The monoisotopic (exact) mass is 435 g/mol. The molecule has 2 aromatic carbocycles. The van der Waals surface area contributed by atoms with Crippen molar-refractivity contribution >= 4 is 26.0 Å². The third kappa shape index (κ3) is 4.57. The molecule has 0 amide bonds. The summed E-state index contributed by atoms with van der Waals surface area (Å²) in [6.45, 7) is 2.00. The van der Waals surface area contributed by atoms with E-state index in [4.69, 9.17) is 4.52 Å². The Morgan fingerprint density at radius 3 is 2.58 bits per heavy atom. The highest BCUT2D eigenvalue weighted by atomic mass is 79.9. The van der Waals surface area contributed by atoms with Gasteiger partial charge in [-0.15, -0.1) is 0 Å². The van der Waals surface area contributed by atoms with Crippen LogP contribution in [0.3, 0.4) is 0 Å². The van der Waals surface area contributed by atoms with Gasteiger partial charge in [0.2, 0.25) is 21.7 Å². The zero-order valence-electron chi connectivity index (χ0n) is 14.4. The summed E-state index contributed by atoms with van der Waals surface area (Å²) in [5.74, 6) is 0.612. The highest BCUT2D eigenvalue weighted by molar-refractivity contribution is 9.10. The van der Waals surface area contributed by atoms with E-state index in [0.29, 0.717) is 11.4 Å². The van der Waals surface area contributed by atoms with E-state index >= 15 is 0 Å². The van der Waals surface area contributed by atoms with Gasteiger partial charge in [-0.2, -0.15) is 9.29 Å². The van der Waals surface area contributed by atoms with Crippen molar-refractivity contribution in [2.75, 3.05) is 7.05 Å². The van der Waals surface area contributed by atoms with E-state index in [1.54, 1.807) is 12.1 Å². The molecule has 26 heavy (non-hydrogen) atoms.